The van der Waals surface area contributed by atoms with E-state index in [9.17, 15) is 4.79 Å². The molecule has 0 saturated carbocycles. The maximum atomic E-state index is 11.6. The quantitative estimate of drug-likeness (QED) is 0.625. The fourth-order valence-corrected chi connectivity index (χ4v) is 1.42. The van der Waals surface area contributed by atoms with Crippen molar-refractivity contribution in [3.05, 3.63) is 40.4 Å². The largest absolute Gasteiger partial charge is 0.396 e. The maximum absolute atomic E-state index is 11.6. The highest BCUT2D eigenvalue weighted by molar-refractivity contribution is 6.30. The molecule has 1 aromatic rings. The van der Waals surface area contributed by atoms with Crippen molar-refractivity contribution in [2.24, 2.45) is 0 Å². The van der Waals surface area contributed by atoms with Crippen molar-refractivity contribution in [2.45, 2.75) is 13.3 Å². The summed E-state index contributed by atoms with van der Waals surface area (Å²) in [5.74, 6) is -0.117. The van der Waals surface area contributed by atoms with Crippen molar-refractivity contribution in [1.29, 1.82) is 0 Å². The minimum atomic E-state index is -0.117. The van der Waals surface area contributed by atoms with Gasteiger partial charge in [-0.25, -0.2) is 0 Å². The fourth-order valence-electron chi connectivity index (χ4n) is 1.29. The molecule has 2 N–H and O–H groups in total. The molecule has 0 fully saturated rings. The van der Waals surface area contributed by atoms with Crippen LogP contribution in [0, 0.1) is 0 Å². The van der Waals surface area contributed by atoms with Gasteiger partial charge in [0, 0.05) is 23.7 Å². The SMILES string of the molecule is C/C(=C/c1ccc(Cl)cc1)C(=O)NCCCO. The summed E-state index contributed by atoms with van der Waals surface area (Å²) < 4.78 is 0. The second-order valence-electron chi connectivity index (χ2n) is 3.71. The second kappa shape index (κ2) is 7.09. The Bertz CT molecular complexity index is 398. The highest BCUT2D eigenvalue weighted by Crippen LogP contribution is 2.12. The molecule has 0 aliphatic heterocycles. The molecular formula is C13H16ClNO2. The van der Waals surface area contributed by atoms with Gasteiger partial charge in [-0.1, -0.05) is 23.7 Å². The summed E-state index contributed by atoms with van der Waals surface area (Å²) in [5.41, 5.74) is 1.56. The Morgan fingerprint density at radius 2 is 2.06 bits per heavy atom. The summed E-state index contributed by atoms with van der Waals surface area (Å²) in [6, 6.07) is 7.27. The Morgan fingerprint density at radius 3 is 2.65 bits per heavy atom. The Hall–Kier alpha value is -1.32. The smallest absolute Gasteiger partial charge is 0.246 e. The van der Waals surface area contributed by atoms with E-state index in [1.54, 1.807) is 25.1 Å². The van der Waals surface area contributed by atoms with E-state index in [1.807, 2.05) is 12.1 Å². The molecule has 0 saturated heterocycles. The van der Waals surface area contributed by atoms with Gasteiger partial charge < -0.3 is 10.4 Å². The standard InChI is InChI=1S/C13H16ClNO2/c1-10(13(17)15-7-2-8-16)9-11-3-5-12(14)6-4-11/h3-6,9,16H,2,7-8H2,1H3,(H,15,17)/b10-9-. The van der Waals surface area contributed by atoms with Crippen LogP contribution >= 0.6 is 11.6 Å². The van der Waals surface area contributed by atoms with E-state index in [0.717, 1.165) is 5.56 Å². The molecule has 0 radical (unpaired) electrons. The van der Waals surface area contributed by atoms with Gasteiger partial charge >= 0.3 is 0 Å². The lowest BCUT2D eigenvalue weighted by atomic mass is 10.1. The number of aliphatic hydroxyl groups excluding tert-OH is 1. The van der Waals surface area contributed by atoms with Crippen molar-refractivity contribution in [3.8, 4) is 0 Å². The van der Waals surface area contributed by atoms with Gasteiger partial charge in [-0.15, -0.1) is 0 Å². The van der Waals surface area contributed by atoms with Crippen LogP contribution in [-0.2, 0) is 4.79 Å². The van der Waals surface area contributed by atoms with E-state index in [-0.39, 0.29) is 12.5 Å². The topological polar surface area (TPSA) is 49.3 Å². The van der Waals surface area contributed by atoms with Gasteiger partial charge in [0.1, 0.15) is 0 Å². The molecule has 1 aromatic carbocycles. The van der Waals surface area contributed by atoms with Crippen molar-refractivity contribution in [1.82, 2.24) is 5.32 Å². The molecule has 1 rings (SSSR count). The van der Waals surface area contributed by atoms with Crippen LogP contribution in [0.25, 0.3) is 6.08 Å². The third kappa shape index (κ3) is 5.02. The van der Waals surface area contributed by atoms with E-state index < -0.39 is 0 Å². The molecule has 0 unspecified atom stereocenters. The molecular weight excluding hydrogens is 238 g/mol. The Balaban J connectivity index is 2.59. The van der Waals surface area contributed by atoms with E-state index in [1.165, 1.54) is 0 Å². The third-order valence-corrected chi connectivity index (χ3v) is 2.48. The first-order valence-corrected chi connectivity index (χ1v) is 5.84. The molecule has 0 aliphatic rings. The molecule has 0 aliphatic carbocycles. The monoisotopic (exact) mass is 253 g/mol. The number of rotatable bonds is 5. The first-order chi connectivity index (χ1) is 8.13. The van der Waals surface area contributed by atoms with Crippen LogP contribution in [0.15, 0.2) is 29.8 Å². The lowest BCUT2D eigenvalue weighted by Gasteiger charge is -2.04. The van der Waals surface area contributed by atoms with Gasteiger partial charge in [-0.2, -0.15) is 0 Å². The molecule has 0 atom stereocenters. The summed E-state index contributed by atoms with van der Waals surface area (Å²) in [4.78, 5) is 11.6. The summed E-state index contributed by atoms with van der Waals surface area (Å²) in [7, 11) is 0. The van der Waals surface area contributed by atoms with Crippen LogP contribution in [0.3, 0.4) is 0 Å². The maximum Gasteiger partial charge on any atom is 0.246 e. The first kappa shape index (κ1) is 13.7. The van der Waals surface area contributed by atoms with Gasteiger partial charge in [-0.05, 0) is 37.1 Å². The van der Waals surface area contributed by atoms with Gasteiger partial charge in [0.25, 0.3) is 0 Å². The van der Waals surface area contributed by atoms with Crippen LogP contribution in [-0.4, -0.2) is 24.2 Å². The number of carbonyl (C=O) groups is 1. The lowest BCUT2D eigenvalue weighted by molar-refractivity contribution is -0.117. The van der Waals surface area contributed by atoms with Crippen molar-refractivity contribution in [2.75, 3.05) is 13.2 Å². The van der Waals surface area contributed by atoms with E-state index in [0.29, 0.717) is 23.6 Å². The fraction of sp³-hybridized carbons (Fsp3) is 0.308. The molecule has 17 heavy (non-hydrogen) atoms. The van der Waals surface area contributed by atoms with E-state index in [2.05, 4.69) is 5.32 Å². The summed E-state index contributed by atoms with van der Waals surface area (Å²) in [6.45, 7) is 2.32. The Kier molecular flexibility index (Phi) is 5.73. The van der Waals surface area contributed by atoms with E-state index in [4.69, 9.17) is 16.7 Å². The predicted octanol–water partition coefficient (Wildman–Crippen LogP) is 2.24. The van der Waals surface area contributed by atoms with Gasteiger partial charge in [-0.3, -0.25) is 4.79 Å². The minimum Gasteiger partial charge on any atom is -0.396 e. The number of amides is 1. The van der Waals surface area contributed by atoms with Crippen LogP contribution < -0.4 is 5.32 Å². The number of nitrogens with one attached hydrogen (secondary N) is 1. The number of hydrogen-bond acceptors (Lipinski definition) is 2. The lowest BCUT2D eigenvalue weighted by Crippen LogP contribution is -2.25. The zero-order valence-electron chi connectivity index (χ0n) is 9.74. The van der Waals surface area contributed by atoms with Crippen molar-refractivity contribution >= 4 is 23.6 Å². The van der Waals surface area contributed by atoms with E-state index >= 15 is 0 Å². The Morgan fingerprint density at radius 1 is 1.41 bits per heavy atom. The highest BCUT2D eigenvalue weighted by atomic mass is 35.5. The molecule has 1 amide bonds. The van der Waals surface area contributed by atoms with Crippen molar-refractivity contribution < 1.29 is 9.90 Å². The zero-order chi connectivity index (χ0) is 12.7. The summed E-state index contributed by atoms with van der Waals surface area (Å²) in [5, 5.41) is 12.0. The first-order valence-electron chi connectivity index (χ1n) is 5.46. The normalized spacial score (nSPS) is 11.4. The number of benzene rings is 1. The van der Waals surface area contributed by atoms with Gasteiger partial charge in [0.15, 0.2) is 0 Å². The van der Waals surface area contributed by atoms with Crippen LogP contribution in [0.1, 0.15) is 18.9 Å². The molecule has 0 aromatic heterocycles. The number of carbonyl (C=O) groups excluding carboxylic acids is 1. The Labute approximate surface area is 106 Å². The molecule has 4 heteroatoms. The zero-order valence-corrected chi connectivity index (χ0v) is 10.5. The highest BCUT2D eigenvalue weighted by Gasteiger charge is 2.02. The number of aliphatic hydroxyl groups is 1. The molecule has 0 spiro atoms. The number of hydrogen-bond donors (Lipinski definition) is 2. The number of halogens is 1. The van der Waals surface area contributed by atoms with Gasteiger partial charge in [0.2, 0.25) is 5.91 Å². The second-order valence-corrected chi connectivity index (χ2v) is 4.15. The molecule has 0 heterocycles. The predicted molar refractivity (Wildman–Crippen MR) is 69.8 cm³/mol. The van der Waals surface area contributed by atoms with Crippen LogP contribution in [0.4, 0.5) is 0 Å². The van der Waals surface area contributed by atoms with Crippen molar-refractivity contribution in [3.63, 3.8) is 0 Å². The van der Waals surface area contributed by atoms with Crippen LogP contribution in [0.5, 0.6) is 0 Å². The average Bonchev–Trinajstić information content (AvgIpc) is 2.32. The summed E-state index contributed by atoms with van der Waals surface area (Å²) >= 11 is 5.77. The average molecular weight is 254 g/mol. The minimum absolute atomic E-state index is 0.0836. The molecule has 0 bridgehead atoms. The van der Waals surface area contributed by atoms with Gasteiger partial charge in [0.05, 0.1) is 0 Å². The van der Waals surface area contributed by atoms with Crippen LogP contribution in [0.2, 0.25) is 5.02 Å². The molecule has 3 nitrogen and oxygen atoms in total. The summed E-state index contributed by atoms with van der Waals surface area (Å²) in [6.07, 6.45) is 2.37. The third-order valence-electron chi connectivity index (χ3n) is 2.23. The molecule has 92 valence electrons.